The van der Waals surface area contributed by atoms with Crippen molar-refractivity contribution in [3.8, 4) is 0 Å². The van der Waals surface area contributed by atoms with Gasteiger partial charge in [-0.05, 0) is 31.4 Å². The van der Waals surface area contributed by atoms with E-state index in [9.17, 15) is 20.1 Å². The van der Waals surface area contributed by atoms with Gasteiger partial charge in [0.1, 0.15) is 36.6 Å². The number of nitrogens with one attached hydrogen (secondary N) is 2. The summed E-state index contributed by atoms with van der Waals surface area (Å²) in [5.41, 5.74) is 2.80. The van der Waals surface area contributed by atoms with E-state index in [2.05, 4.69) is 10.3 Å². The number of unbranched alkanes of at least 4 members (excludes halogenated alkanes) is 3. The lowest BCUT2D eigenvalue weighted by molar-refractivity contribution is -0.265. The van der Waals surface area contributed by atoms with Gasteiger partial charge in [0.25, 0.3) is 0 Å². The van der Waals surface area contributed by atoms with Crippen molar-refractivity contribution in [2.45, 2.75) is 88.9 Å². The van der Waals surface area contributed by atoms with E-state index in [-0.39, 0.29) is 12.5 Å². The second-order valence-corrected chi connectivity index (χ2v) is 10.5. The van der Waals surface area contributed by atoms with Crippen molar-refractivity contribution < 1.29 is 34.3 Å². The molecule has 0 radical (unpaired) electrons. The van der Waals surface area contributed by atoms with Crippen LogP contribution in [0.2, 0.25) is 0 Å². The van der Waals surface area contributed by atoms with E-state index in [0.717, 1.165) is 47.7 Å². The van der Waals surface area contributed by atoms with Crippen molar-refractivity contribution in [2.24, 2.45) is 0 Å². The lowest BCUT2D eigenvalue weighted by Crippen LogP contribution is -2.65. The Morgan fingerprint density at radius 1 is 0.875 bits per heavy atom. The summed E-state index contributed by atoms with van der Waals surface area (Å²) in [6.07, 6.45) is -2.04. The third-order valence-corrected chi connectivity index (χ3v) is 7.48. The van der Waals surface area contributed by atoms with Gasteiger partial charge in [0.15, 0.2) is 0 Å². The Balaban J connectivity index is 1.43. The fraction of sp³-hybridized carbons (Fsp3) is 0.516. The fourth-order valence-electron chi connectivity index (χ4n) is 5.29. The molecule has 4 rings (SSSR count). The van der Waals surface area contributed by atoms with E-state index >= 15 is 0 Å². The minimum Gasteiger partial charge on any atom is -0.387 e. The molecule has 1 fully saturated rings. The molecular weight excluding hydrogens is 512 g/mol. The Labute approximate surface area is 235 Å². The van der Waals surface area contributed by atoms with Gasteiger partial charge in [-0.25, -0.2) is 0 Å². The highest BCUT2D eigenvalue weighted by atomic mass is 16.6. The molecule has 3 aromatic rings. The molecular formula is C31H42N2O7. The second-order valence-electron chi connectivity index (χ2n) is 10.5. The van der Waals surface area contributed by atoms with Crippen molar-refractivity contribution in [3.63, 3.8) is 0 Å². The summed E-state index contributed by atoms with van der Waals surface area (Å²) in [7, 11) is 0. The first kappa shape index (κ1) is 30.2. The average molecular weight is 555 g/mol. The van der Waals surface area contributed by atoms with Gasteiger partial charge >= 0.3 is 0 Å². The molecule has 9 heteroatoms. The molecule has 1 aliphatic carbocycles. The van der Waals surface area contributed by atoms with Crippen molar-refractivity contribution in [3.05, 3.63) is 71.9 Å². The lowest BCUT2D eigenvalue weighted by Gasteiger charge is -2.46. The van der Waals surface area contributed by atoms with Crippen LogP contribution in [0.5, 0.6) is 0 Å². The van der Waals surface area contributed by atoms with Crippen molar-refractivity contribution >= 4 is 16.8 Å². The van der Waals surface area contributed by atoms with Crippen molar-refractivity contribution in [2.75, 3.05) is 13.2 Å². The first-order valence-corrected chi connectivity index (χ1v) is 14.1. The number of carbonyl (C=O) groups is 1. The number of aromatic nitrogens is 1. The molecule has 1 aliphatic rings. The number of rotatable bonds is 14. The number of ether oxygens (including phenoxy) is 3. The third-order valence-electron chi connectivity index (χ3n) is 7.48. The predicted molar refractivity (Wildman–Crippen MR) is 152 cm³/mol. The first-order chi connectivity index (χ1) is 19.4. The molecule has 0 saturated heterocycles. The Morgan fingerprint density at radius 3 is 2.35 bits per heavy atom. The van der Waals surface area contributed by atoms with E-state index in [1.165, 1.54) is 6.92 Å². The monoisotopic (exact) mass is 554 g/mol. The maximum absolute atomic E-state index is 11.4. The minimum atomic E-state index is -1.35. The minimum absolute atomic E-state index is 0.0380. The molecule has 2 aromatic carbocycles. The van der Waals surface area contributed by atoms with Crippen LogP contribution >= 0.6 is 0 Å². The maximum atomic E-state index is 11.4. The van der Waals surface area contributed by atoms with Crippen LogP contribution in [0.15, 0.2) is 60.8 Å². The second kappa shape index (κ2) is 14.7. The molecule has 40 heavy (non-hydrogen) atoms. The van der Waals surface area contributed by atoms with Crippen LogP contribution in [-0.4, -0.2) is 76.0 Å². The maximum Gasteiger partial charge on any atom is 0.216 e. The normalized spacial score (nSPS) is 25.6. The summed E-state index contributed by atoms with van der Waals surface area (Å²) in [6.45, 7) is 4.53. The van der Waals surface area contributed by atoms with E-state index in [4.69, 9.17) is 14.2 Å². The van der Waals surface area contributed by atoms with Gasteiger partial charge in [0.2, 0.25) is 5.91 Å². The van der Waals surface area contributed by atoms with E-state index in [1.54, 1.807) is 0 Å². The zero-order chi connectivity index (χ0) is 28.5. The fourth-order valence-corrected chi connectivity index (χ4v) is 5.29. The van der Waals surface area contributed by atoms with Crippen molar-refractivity contribution in [1.82, 2.24) is 10.3 Å². The smallest absolute Gasteiger partial charge is 0.216 e. The molecule has 0 bridgehead atoms. The van der Waals surface area contributed by atoms with E-state index in [0.29, 0.717) is 13.2 Å². The van der Waals surface area contributed by atoms with E-state index in [1.807, 2.05) is 67.7 Å². The van der Waals surface area contributed by atoms with Gasteiger partial charge in [-0.3, -0.25) is 4.79 Å². The highest BCUT2D eigenvalue weighted by Gasteiger charge is 2.52. The molecule has 1 saturated carbocycles. The standard InChI is InChI=1S/C31H42N2O7/c1-20(24-18-33-25-15-9-8-14-23(24)25)40-31-28(37)29(38-17-11-4-3-10-16-32-21(2)34)26(35)27(36)30(31)39-19-22-12-6-5-7-13-22/h5-9,12-15,18,20,26-31,33,35-37H,3-4,10-11,16-17,19H2,1-2H3,(H,32,34). The van der Waals surface area contributed by atoms with Crippen LogP contribution in [0.25, 0.3) is 10.9 Å². The number of para-hydroxylation sites is 1. The molecule has 0 spiro atoms. The molecule has 9 nitrogen and oxygen atoms in total. The van der Waals surface area contributed by atoms with Crippen LogP contribution < -0.4 is 5.32 Å². The highest BCUT2D eigenvalue weighted by molar-refractivity contribution is 5.83. The molecule has 7 unspecified atom stereocenters. The number of hydrogen-bond donors (Lipinski definition) is 5. The first-order valence-electron chi connectivity index (χ1n) is 14.1. The zero-order valence-corrected chi connectivity index (χ0v) is 23.2. The average Bonchev–Trinajstić information content (AvgIpc) is 3.39. The Kier molecular flexibility index (Phi) is 11.1. The summed E-state index contributed by atoms with van der Waals surface area (Å²) in [4.78, 5) is 14.2. The summed E-state index contributed by atoms with van der Waals surface area (Å²) in [5, 5.41) is 37.3. The van der Waals surface area contributed by atoms with Crippen molar-refractivity contribution in [1.29, 1.82) is 0 Å². The van der Waals surface area contributed by atoms with E-state index < -0.39 is 42.7 Å². The number of aliphatic hydroxyl groups excluding tert-OH is 3. The van der Waals surface area contributed by atoms with Gasteiger partial charge in [-0.15, -0.1) is 0 Å². The van der Waals surface area contributed by atoms with Crippen LogP contribution in [0, 0.1) is 0 Å². The van der Waals surface area contributed by atoms with Gasteiger partial charge in [0, 0.05) is 42.7 Å². The summed E-state index contributed by atoms with van der Waals surface area (Å²) < 4.78 is 18.4. The molecule has 5 N–H and O–H groups in total. The topological polar surface area (TPSA) is 133 Å². The molecule has 7 atom stereocenters. The number of benzene rings is 2. The summed E-state index contributed by atoms with van der Waals surface area (Å²) in [6, 6.07) is 17.4. The summed E-state index contributed by atoms with van der Waals surface area (Å²) in [5.74, 6) is -0.0380. The zero-order valence-electron chi connectivity index (χ0n) is 23.2. The van der Waals surface area contributed by atoms with Gasteiger partial charge in [-0.2, -0.15) is 0 Å². The number of hydrogen-bond acceptors (Lipinski definition) is 7. The Morgan fingerprint density at radius 2 is 1.57 bits per heavy atom. The Hall–Kier alpha value is -2.79. The van der Waals surface area contributed by atoms with Crippen LogP contribution in [0.3, 0.4) is 0 Å². The molecule has 1 aromatic heterocycles. The molecule has 0 aliphatic heterocycles. The number of carbonyl (C=O) groups excluding carboxylic acids is 1. The Bertz CT molecular complexity index is 1190. The number of fused-ring (bicyclic) bond motifs is 1. The molecule has 1 heterocycles. The highest BCUT2D eigenvalue weighted by Crippen LogP contribution is 2.34. The molecule has 218 valence electrons. The number of amides is 1. The number of H-pyrrole nitrogens is 1. The summed E-state index contributed by atoms with van der Waals surface area (Å²) >= 11 is 0. The quantitative estimate of drug-likeness (QED) is 0.193. The van der Waals surface area contributed by atoms with Gasteiger partial charge in [-0.1, -0.05) is 61.4 Å². The largest absolute Gasteiger partial charge is 0.387 e. The van der Waals surface area contributed by atoms with Crippen LogP contribution in [-0.2, 0) is 25.6 Å². The van der Waals surface area contributed by atoms with Gasteiger partial charge < -0.3 is 39.8 Å². The SMILES string of the molecule is CC(=O)NCCCCCCOC1C(O)C(O)C(OCc2ccccc2)C(OC(C)c2c[nH]c3ccccc23)C1O. The van der Waals surface area contributed by atoms with Crippen LogP contribution in [0.4, 0.5) is 0 Å². The third kappa shape index (κ3) is 7.69. The predicted octanol–water partition coefficient (Wildman–Crippen LogP) is 3.38. The van der Waals surface area contributed by atoms with Crippen LogP contribution in [0.1, 0.15) is 56.8 Å². The lowest BCUT2D eigenvalue weighted by atomic mass is 9.84. The van der Waals surface area contributed by atoms with Gasteiger partial charge in [0.05, 0.1) is 12.7 Å². The number of aliphatic hydroxyl groups is 3. The molecule has 1 amide bonds. The number of aromatic amines is 1.